The lowest BCUT2D eigenvalue weighted by Gasteiger charge is -2.06. The molecule has 0 amide bonds. The zero-order chi connectivity index (χ0) is 8.43. The molecule has 0 bridgehead atoms. The van der Waals surface area contributed by atoms with Gasteiger partial charge >= 0.3 is 0 Å². The minimum atomic E-state index is -0.859. The van der Waals surface area contributed by atoms with Crippen LogP contribution >= 0.6 is 0 Å². The van der Waals surface area contributed by atoms with Crippen molar-refractivity contribution in [1.82, 2.24) is 0 Å². The van der Waals surface area contributed by atoms with Crippen LogP contribution in [0.25, 0.3) is 0 Å². The van der Waals surface area contributed by atoms with Crippen molar-refractivity contribution in [2.24, 2.45) is 0 Å². The number of rotatable bonds is 1. The summed E-state index contributed by atoms with van der Waals surface area (Å²) in [6, 6.07) is 4.94. The van der Waals surface area contributed by atoms with Gasteiger partial charge in [0.05, 0.1) is 0 Å². The molecule has 1 aromatic carbocycles. The fraction of sp³-hybridized carbons (Fsp3) is 0.250. The van der Waals surface area contributed by atoms with Crippen LogP contribution in [-0.4, -0.2) is 0 Å². The number of benzene rings is 1. The van der Waals surface area contributed by atoms with Crippen molar-refractivity contribution in [3.8, 4) is 0 Å². The van der Waals surface area contributed by atoms with Crippen LogP contribution in [0.3, 0.4) is 0 Å². The van der Waals surface area contributed by atoms with Gasteiger partial charge in [-0.1, -0.05) is 21.1 Å². The van der Waals surface area contributed by atoms with Gasteiger partial charge in [-0.15, -0.1) is 0 Å². The van der Waals surface area contributed by atoms with Crippen molar-refractivity contribution >= 4 is 5.69 Å². The molecule has 0 aliphatic carbocycles. The lowest BCUT2D eigenvalue weighted by Crippen LogP contribution is -1.98. The maximum Gasteiger partial charge on any atom is 0.108 e. The first-order chi connectivity index (χ1) is 5.11. The van der Waals surface area contributed by atoms with Gasteiger partial charge in [0.1, 0.15) is 5.69 Å². The molecule has 60 valence electrons. The van der Waals surface area contributed by atoms with E-state index >= 15 is 0 Å². The van der Waals surface area contributed by atoms with E-state index in [2.05, 4.69) is 0 Å². The van der Waals surface area contributed by atoms with E-state index in [1.54, 1.807) is 19.9 Å². The SMILES string of the molecule is Cc1ccc(C)c(N(F)F)c1. The summed E-state index contributed by atoms with van der Waals surface area (Å²) in [5.74, 6) is 0. The number of aryl methyl sites for hydroxylation is 2. The third kappa shape index (κ3) is 1.67. The second kappa shape index (κ2) is 2.86. The molecule has 1 aromatic rings. The largest absolute Gasteiger partial charge is 0.108 e. The molecule has 1 nitrogen and oxygen atoms in total. The van der Waals surface area contributed by atoms with Gasteiger partial charge in [-0.2, -0.15) is 0 Å². The highest BCUT2D eigenvalue weighted by Crippen LogP contribution is 2.21. The molecule has 0 unspecified atom stereocenters. The molecule has 0 aliphatic rings. The molecule has 0 N–H and O–H groups in total. The lowest BCUT2D eigenvalue weighted by molar-refractivity contribution is 0.234. The van der Waals surface area contributed by atoms with Gasteiger partial charge < -0.3 is 0 Å². The van der Waals surface area contributed by atoms with E-state index in [9.17, 15) is 8.96 Å². The number of anilines is 1. The minimum absolute atomic E-state index is 0.0231. The molecule has 11 heavy (non-hydrogen) atoms. The first-order valence-electron chi connectivity index (χ1n) is 3.30. The van der Waals surface area contributed by atoms with Crippen molar-refractivity contribution < 1.29 is 8.96 Å². The third-order valence-electron chi connectivity index (χ3n) is 1.55. The molecular weight excluding hydrogens is 148 g/mol. The molecule has 0 saturated carbocycles. The van der Waals surface area contributed by atoms with Crippen LogP contribution in [0.2, 0.25) is 0 Å². The highest BCUT2D eigenvalue weighted by Gasteiger charge is 2.05. The fourth-order valence-electron chi connectivity index (χ4n) is 0.902. The molecule has 0 saturated heterocycles. The summed E-state index contributed by atoms with van der Waals surface area (Å²) in [6.45, 7) is 3.44. The van der Waals surface area contributed by atoms with E-state index in [-0.39, 0.29) is 5.69 Å². The Morgan fingerprint density at radius 1 is 1.18 bits per heavy atom. The van der Waals surface area contributed by atoms with Crippen molar-refractivity contribution in [3.05, 3.63) is 29.3 Å². The molecule has 0 aromatic heterocycles. The predicted molar refractivity (Wildman–Crippen MR) is 40.6 cm³/mol. The smallest absolute Gasteiger partial charge is 0.0666 e. The van der Waals surface area contributed by atoms with Crippen LogP contribution in [0.15, 0.2) is 18.2 Å². The Balaban J connectivity index is 3.13. The van der Waals surface area contributed by atoms with Crippen molar-refractivity contribution in [2.45, 2.75) is 13.8 Å². The van der Waals surface area contributed by atoms with Crippen LogP contribution in [0.4, 0.5) is 14.6 Å². The van der Waals surface area contributed by atoms with Crippen molar-refractivity contribution in [1.29, 1.82) is 0 Å². The maximum absolute atomic E-state index is 12.0. The van der Waals surface area contributed by atoms with Crippen LogP contribution < -0.4 is 5.34 Å². The average Bonchev–Trinajstić information content (AvgIpc) is 1.94. The average molecular weight is 157 g/mol. The highest BCUT2D eigenvalue weighted by molar-refractivity contribution is 5.50. The maximum atomic E-state index is 12.0. The van der Waals surface area contributed by atoms with Crippen LogP contribution in [0.1, 0.15) is 11.1 Å². The first-order valence-corrected chi connectivity index (χ1v) is 3.30. The van der Waals surface area contributed by atoms with E-state index in [0.29, 0.717) is 5.56 Å². The number of hydrogen-bond acceptors (Lipinski definition) is 1. The van der Waals surface area contributed by atoms with Gasteiger partial charge in [-0.25, -0.2) is 0 Å². The van der Waals surface area contributed by atoms with E-state index in [1.807, 2.05) is 6.07 Å². The first kappa shape index (κ1) is 7.98. The Labute approximate surface area is 64.1 Å². The molecular formula is C8H9F2N. The summed E-state index contributed by atoms with van der Waals surface area (Å²) in [5.41, 5.74) is 1.40. The minimum Gasteiger partial charge on any atom is -0.0666 e. The fourth-order valence-corrected chi connectivity index (χ4v) is 0.902. The summed E-state index contributed by atoms with van der Waals surface area (Å²) in [4.78, 5) is 0. The second-order valence-electron chi connectivity index (χ2n) is 2.52. The summed E-state index contributed by atoms with van der Waals surface area (Å²) in [7, 11) is 0. The molecule has 0 aliphatic heterocycles. The van der Waals surface area contributed by atoms with Gasteiger partial charge in [0.25, 0.3) is 0 Å². The lowest BCUT2D eigenvalue weighted by atomic mass is 10.1. The number of hydrogen-bond donors (Lipinski definition) is 0. The van der Waals surface area contributed by atoms with E-state index < -0.39 is 5.34 Å². The van der Waals surface area contributed by atoms with Gasteiger partial charge in [0.15, 0.2) is 0 Å². The predicted octanol–water partition coefficient (Wildman–Crippen LogP) is 2.88. The summed E-state index contributed by atoms with van der Waals surface area (Å²) in [5, 5.41) is -0.859. The van der Waals surface area contributed by atoms with E-state index in [1.165, 1.54) is 6.07 Å². The topological polar surface area (TPSA) is 3.24 Å². The number of nitrogens with zero attached hydrogens (tertiary/aromatic N) is 1. The standard InChI is InChI=1S/C8H9F2N/c1-6-3-4-7(2)8(5-6)11(9)10/h3-5H,1-2H3. The Bertz CT molecular complexity index is 258. The Kier molecular flexibility index (Phi) is 2.08. The molecule has 0 spiro atoms. The number of halogens is 2. The Morgan fingerprint density at radius 2 is 1.82 bits per heavy atom. The van der Waals surface area contributed by atoms with Gasteiger partial charge in [0.2, 0.25) is 0 Å². The third-order valence-corrected chi connectivity index (χ3v) is 1.55. The van der Waals surface area contributed by atoms with Crippen LogP contribution in [0.5, 0.6) is 0 Å². The van der Waals surface area contributed by atoms with E-state index in [4.69, 9.17) is 0 Å². The van der Waals surface area contributed by atoms with E-state index in [0.717, 1.165) is 5.56 Å². The molecule has 0 fully saturated rings. The Hall–Kier alpha value is -1.12. The van der Waals surface area contributed by atoms with Crippen LogP contribution in [-0.2, 0) is 0 Å². The molecule has 1 rings (SSSR count). The zero-order valence-corrected chi connectivity index (χ0v) is 6.44. The Morgan fingerprint density at radius 3 is 2.27 bits per heavy atom. The normalized spacial score (nSPS) is 9.82. The highest BCUT2D eigenvalue weighted by atomic mass is 19.4. The molecule has 0 atom stereocenters. The quantitative estimate of drug-likeness (QED) is 0.566. The van der Waals surface area contributed by atoms with Crippen LogP contribution in [0, 0.1) is 13.8 Å². The van der Waals surface area contributed by atoms with Gasteiger partial charge in [-0.05, 0) is 36.4 Å². The molecule has 0 heterocycles. The van der Waals surface area contributed by atoms with Gasteiger partial charge in [0, 0.05) is 0 Å². The second-order valence-corrected chi connectivity index (χ2v) is 2.52. The summed E-state index contributed by atoms with van der Waals surface area (Å²) >= 11 is 0. The zero-order valence-electron chi connectivity index (χ0n) is 6.44. The van der Waals surface area contributed by atoms with Crippen molar-refractivity contribution in [3.63, 3.8) is 0 Å². The molecule has 3 heteroatoms. The van der Waals surface area contributed by atoms with Gasteiger partial charge in [-0.3, -0.25) is 0 Å². The summed E-state index contributed by atoms with van der Waals surface area (Å²) in [6.07, 6.45) is 0. The van der Waals surface area contributed by atoms with Crippen molar-refractivity contribution in [2.75, 3.05) is 5.34 Å². The monoisotopic (exact) mass is 157 g/mol. The molecule has 0 radical (unpaired) electrons. The summed E-state index contributed by atoms with van der Waals surface area (Å²) < 4.78 is 24.1.